The molecule has 1 nitrogen and oxygen atoms in total. The van der Waals surface area contributed by atoms with E-state index in [1.165, 1.54) is 6.07 Å². The first kappa shape index (κ1) is 13.4. The normalized spacial score (nSPS) is 12.5. The summed E-state index contributed by atoms with van der Waals surface area (Å²) in [5, 5.41) is 3.13. The van der Waals surface area contributed by atoms with Gasteiger partial charge in [-0.1, -0.05) is 35.0 Å². The molecule has 0 fully saturated rings. The van der Waals surface area contributed by atoms with Crippen LogP contribution in [0.5, 0.6) is 0 Å². The molecule has 0 heterocycles. The molecule has 16 heavy (non-hydrogen) atoms. The molecule has 0 bridgehead atoms. The Hall–Kier alpha value is -0.670. The van der Waals surface area contributed by atoms with Crippen molar-refractivity contribution in [3.63, 3.8) is 0 Å². The maximum absolute atomic E-state index is 13.7. The molecule has 0 saturated heterocycles. The van der Waals surface area contributed by atoms with Crippen LogP contribution < -0.4 is 5.32 Å². The minimum Gasteiger partial charge on any atom is -0.313 e. The molecule has 0 aromatic heterocycles. The van der Waals surface area contributed by atoms with Gasteiger partial charge in [-0.3, -0.25) is 0 Å². The molecule has 1 N–H and O–H groups in total. The Balaban J connectivity index is 2.94. The van der Waals surface area contributed by atoms with Crippen molar-refractivity contribution in [2.45, 2.75) is 25.8 Å². The lowest BCUT2D eigenvalue weighted by Crippen LogP contribution is -2.18. The average Bonchev–Trinajstić information content (AvgIpc) is 2.29. The topological polar surface area (TPSA) is 12.0 Å². The van der Waals surface area contributed by atoms with Gasteiger partial charge >= 0.3 is 0 Å². The van der Waals surface area contributed by atoms with Crippen LogP contribution in [0.25, 0.3) is 0 Å². The van der Waals surface area contributed by atoms with Crippen LogP contribution in [0.4, 0.5) is 4.39 Å². The van der Waals surface area contributed by atoms with Gasteiger partial charge in [0.25, 0.3) is 0 Å². The lowest BCUT2D eigenvalue weighted by molar-refractivity contribution is 0.529. The fourth-order valence-corrected chi connectivity index (χ4v) is 1.96. The van der Waals surface area contributed by atoms with Crippen molar-refractivity contribution in [3.05, 3.63) is 46.2 Å². The molecule has 0 radical (unpaired) electrons. The number of halogens is 2. The third-order valence-electron chi connectivity index (χ3n) is 2.67. The highest BCUT2D eigenvalue weighted by atomic mass is 79.9. The molecule has 1 aromatic carbocycles. The van der Waals surface area contributed by atoms with Crippen LogP contribution in [0, 0.1) is 5.82 Å². The molecular weight excluding hydrogens is 269 g/mol. The molecule has 1 aromatic rings. The van der Waals surface area contributed by atoms with Gasteiger partial charge in [0.2, 0.25) is 0 Å². The Bertz CT molecular complexity index is 376. The Kier molecular flexibility index (Phi) is 5.16. The summed E-state index contributed by atoms with van der Waals surface area (Å²) in [5.41, 5.74) is 1.81. The molecule has 88 valence electrons. The molecule has 0 aliphatic rings. The smallest absolute Gasteiger partial charge is 0.128 e. The van der Waals surface area contributed by atoms with Crippen molar-refractivity contribution in [1.82, 2.24) is 5.32 Å². The third kappa shape index (κ3) is 3.42. The molecule has 3 heteroatoms. The van der Waals surface area contributed by atoms with E-state index in [-0.39, 0.29) is 11.9 Å². The SMILES string of the molecule is C=C(CC)CC(NC)c1cc(Br)ccc1F. The van der Waals surface area contributed by atoms with Crippen LogP contribution in [0.15, 0.2) is 34.8 Å². The Morgan fingerprint density at radius 1 is 1.56 bits per heavy atom. The molecule has 0 saturated carbocycles. The quantitative estimate of drug-likeness (QED) is 0.800. The van der Waals surface area contributed by atoms with Crippen molar-refractivity contribution in [2.75, 3.05) is 7.05 Å². The summed E-state index contributed by atoms with van der Waals surface area (Å²) in [6.07, 6.45) is 1.69. The second-order valence-corrected chi connectivity index (χ2v) is 4.73. The molecule has 1 rings (SSSR count). The number of rotatable bonds is 5. The summed E-state index contributed by atoms with van der Waals surface area (Å²) in [6, 6.07) is 5.00. The van der Waals surface area contributed by atoms with Gasteiger partial charge in [-0.25, -0.2) is 4.39 Å². The minimum absolute atomic E-state index is 0.00931. The molecule has 0 spiro atoms. The maximum Gasteiger partial charge on any atom is 0.128 e. The third-order valence-corrected chi connectivity index (χ3v) is 3.17. The highest BCUT2D eigenvalue weighted by Crippen LogP contribution is 2.26. The zero-order valence-corrected chi connectivity index (χ0v) is 11.3. The highest BCUT2D eigenvalue weighted by Gasteiger charge is 2.14. The summed E-state index contributed by atoms with van der Waals surface area (Å²) < 4.78 is 14.6. The largest absolute Gasteiger partial charge is 0.313 e. The van der Waals surface area contributed by atoms with Crippen LogP contribution in [0.1, 0.15) is 31.4 Å². The Morgan fingerprint density at radius 2 is 2.25 bits per heavy atom. The number of hydrogen-bond acceptors (Lipinski definition) is 1. The van der Waals surface area contributed by atoms with E-state index in [1.807, 2.05) is 13.1 Å². The van der Waals surface area contributed by atoms with E-state index in [0.29, 0.717) is 5.56 Å². The van der Waals surface area contributed by atoms with Gasteiger partial charge in [-0.2, -0.15) is 0 Å². The van der Waals surface area contributed by atoms with Crippen LogP contribution in [-0.2, 0) is 0 Å². The van der Waals surface area contributed by atoms with Crippen LogP contribution >= 0.6 is 15.9 Å². The summed E-state index contributed by atoms with van der Waals surface area (Å²) in [7, 11) is 1.84. The van der Waals surface area contributed by atoms with Gasteiger partial charge < -0.3 is 5.32 Å². The first-order valence-corrected chi connectivity index (χ1v) is 6.16. The molecular formula is C13H17BrFN. The zero-order valence-electron chi connectivity index (χ0n) is 9.69. The maximum atomic E-state index is 13.7. The number of nitrogens with one attached hydrogen (secondary N) is 1. The number of benzene rings is 1. The highest BCUT2D eigenvalue weighted by molar-refractivity contribution is 9.10. The predicted molar refractivity (Wildman–Crippen MR) is 69.9 cm³/mol. The Morgan fingerprint density at radius 3 is 2.81 bits per heavy atom. The van der Waals surface area contributed by atoms with E-state index in [2.05, 4.69) is 34.7 Å². The van der Waals surface area contributed by atoms with Gasteiger partial charge in [0.1, 0.15) is 5.82 Å². The van der Waals surface area contributed by atoms with Crippen LogP contribution in [0.3, 0.4) is 0 Å². The van der Waals surface area contributed by atoms with E-state index in [4.69, 9.17) is 0 Å². The van der Waals surface area contributed by atoms with Gasteiger partial charge in [0, 0.05) is 16.1 Å². The molecule has 0 amide bonds. The van der Waals surface area contributed by atoms with E-state index >= 15 is 0 Å². The first-order valence-electron chi connectivity index (χ1n) is 5.37. The minimum atomic E-state index is -0.175. The van der Waals surface area contributed by atoms with Gasteiger partial charge in [0.05, 0.1) is 0 Å². The van der Waals surface area contributed by atoms with E-state index < -0.39 is 0 Å². The van der Waals surface area contributed by atoms with E-state index in [0.717, 1.165) is 22.9 Å². The molecule has 1 atom stereocenters. The second-order valence-electron chi connectivity index (χ2n) is 3.81. The van der Waals surface area contributed by atoms with Gasteiger partial charge in [0.15, 0.2) is 0 Å². The summed E-state index contributed by atoms with van der Waals surface area (Å²) in [4.78, 5) is 0. The first-order chi connectivity index (χ1) is 7.58. The average molecular weight is 286 g/mol. The predicted octanol–water partition coefficient (Wildman–Crippen LogP) is 4.21. The zero-order chi connectivity index (χ0) is 12.1. The van der Waals surface area contributed by atoms with Gasteiger partial charge in [-0.05, 0) is 38.1 Å². The van der Waals surface area contributed by atoms with Crippen molar-refractivity contribution in [3.8, 4) is 0 Å². The lowest BCUT2D eigenvalue weighted by atomic mass is 9.98. The van der Waals surface area contributed by atoms with Crippen LogP contribution in [0.2, 0.25) is 0 Å². The Labute approximate surface area is 105 Å². The summed E-state index contributed by atoms with van der Waals surface area (Å²) in [5.74, 6) is -0.175. The summed E-state index contributed by atoms with van der Waals surface area (Å²) in [6.45, 7) is 6.03. The van der Waals surface area contributed by atoms with Crippen molar-refractivity contribution in [2.24, 2.45) is 0 Å². The van der Waals surface area contributed by atoms with Crippen molar-refractivity contribution < 1.29 is 4.39 Å². The lowest BCUT2D eigenvalue weighted by Gasteiger charge is -2.18. The van der Waals surface area contributed by atoms with Gasteiger partial charge in [-0.15, -0.1) is 0 Å². The van der Waals surface area contributed by atoms with E-state index in [1.54, 1.807) is 6.07 Å². The fourth-order valence-electron chi connectivity index (χ4n) is 1.58. The fraction of sp³-hybridized carbons (Fsp3) is 0.385. The van der Waals surface area contributed by atoms with Crippen molar-refractivity contribution >= 4 is 15.9 Å². The molecule has 0 aliphatic heterocycles. The molecule has 0 aliphatic carbocycles. The standard InChI is InChI=1S/C13H17BrFN/c1-4-9(2)7-13(16-3)11-8-10(14)5-6-12(11)15/h5-6,8,13,16H,2,4,7H2,1,3H3. The monoisotopic (exact) mass is 285 g/mol. The summed E-state index contributed by atoms with van der Waals surface area (Å²) >= 11 is 3.36. The van der Waals surface area contributed by atoms with Crippen molar-refractivity contribution in [1.29, 1.82) is 0 Å². The van der Waals surface area contributed by atoms with E-state index in [9.17, 15) is 4.39 Å². The number of hydrogen-bond donors (Lipinski definition) is 1. The molecule has 1 unspecified atom stereocenters. The second kappa shape index (κ2) is 6.16. The van der Waals surface area contributed by atoms with Crippen LogP contribution in [-0.4, -0.2) is 7.05 Å².